The fraction of sp³-hybridized carbons (Fsp3) is 0.476. The molecule has 1 saturated carbocycles. The van der Waals surface area contributed by atoms with E-state index >= 15 is 0 Å². The van der Waals surface area contributed by atoms with Crippen molar-refractivity contribution in [1.82, 2.24) is 9.88 Å². The molecule has 2 aromatic rings. The molecule has 2 heterocycles. The molecule has 6 heteroatoms. The minimum Gasteiger partial charge on any atom is -0.481 e. The van der Waals surface area contributed by atoms with Crippen LogP contribution in [0, 0.1) is 5.41 Å². The van der Waals surface area contributed by atoms with Gasteiger partial charge in [0, 0.05) is 37.2 Å². The Morgan fingerprint density at radius 3 is 2.81 bits per heavy atom. The first-order valence-electron chi connectivity index (χ1n) is 9.45. The van der Waals surface area contributed by atoms with Crippen LogP contribution in [0.5, 0.6) is 0 Å². The number of methoxy groups -OCH3 is 1. The molecule has 6 nitrogen and oxygen atoms in total. The molecule has 4 rings (SSSR count). The Morgan fingerprint density at radius 2 is 2.11 bits per heavy atom. The molecule has 1 unspecified atom stereocenters. The van der Waals surface area contributed by atoms with E-state index in [9.17, 15) is 14.7 Å². The summed E-state index contributed by atoms with van der Waals surface area (Å²) in [4.78, 5) is 31.7. The molecular weight excluding hydrogens is 344 g/mol. The predicted octanol–water partition coefficient (Wildman–Crippen LogP) is 3.07. The van der Waals surface area contributed by atoms with Crippen molar-refractivity contribution < 1.29 is 19.4 Å². The van der Waals surface area contributed by atoms with Gasteiger partial charge in [0.1, 0.15) is 5.41 Å². The first-order chi connectivity index (χ1) is 13.0. The number of fused-ring (bicyclic) bond motifs is 1. The van der Waals surface area contributed by atoms with Gasteiger partial charge in [-0.05, 0) is 37.8 Å². The number of benzene rings is 1. The third-order valence-electron chi connectivity index (χ3n) is 5.70. The minimum atomic E-state index is -1.04. The standard InChI is InChI=1S/C21H24N2O4/c1-27-13-21(20(25)26)9-4-10-23(12-21)19(24)16-11-18(14-7-8-14)22-17-6-3-2-5-15(16)17/h2-3,5-6,11,14H,4,7-10,12-13H2,1H3,(H,25,26). The van der Waals surface area contributed by atoms with Gasteiger partial charge < -0.3 is 14.7 Å². The summed E-state index contributed by atoms with van der Waals surface area (Å²) in [6, 6.07) is 9.58. The molecule has 2 aliphatic rings. The normalized spacial score (nSPS) is 22.8. The van der Waals surface area contributed by atoms with Gasteiger partial charge in [-0.2, -0.15) is 0 Å². The monoisotopic (exact) mass is 368 g/mol. The number of ether oxygens (including phenoxy) is 1. The van der Waals surface area contributed by atoms with Crippen molar-refractivity contribution in [2.24, 2.45) is 5.41 Å². The summed E-state index contributed by atoms with van der Waals surface area (Å²) < 4.78 is 5.18. The summed E-state index contributed by atoms with van der Waals surface area (Å²) in [7, 11) is 1.50. The van der Waals surface area contributed by atoms with E-state index in [1.165, 1.54) is 7.11 Å². The van der Waals surface area contributed by atoms with Gasteiger partial charge in [-0.25, -0.2) is 0 Å². The summed E-state index contributed by atoms with van der Waals surface area (Å²) in [5, 5.41) is 10.6. The van der Waals surface area contributed by atoms with E-state index in [1.54, 1.807) is 4.90 Å². The second-order valence-electron chi connectivity index (χ2n) is 7.73. The van der Waals surface area contributed by atoms with E-state index in [0.29, 0.717) is 30.9 Å². The SMILES string of the molecule is COCC1(C(=O)O)CCCN(C(=O)c2cc(C3CC3)nc3ccccc23)C1. The Bertz CT molecular complexity index is 889. The van der Waals surface area contributed by atoms with Gasteiger partial charge in [0.05, 0.1) is 17.7 Å². The predicted molar refractivity (Wildman–Crippen MR) is 101 cm³/mol. The molecule has 2 fully saturated rings. The second kappa shape index (κ2) is 6.93. The van der Waals surface area contributed by atoms with Gasteiger partial charge in [-0.1, -0.05) is 18.2 Å². The van der Waals surface area contributed by atoms with Crippen molar-refractivity contribution in [3.8, 4) is 0 Å². The molecule has 1 N–H and O–H groups in total. The summed E-state index contributed by atoms with van der Waals surface area (Å²) in [5.41, 5.74) is 1.38. The number of rotatable bonds is 5. The lowest BCUT2D eigenvalue weighted by atomic mass is 9.80. The zero-order valence-corrected chi connectivity index (χ0v) is 15.5. The van der Waals surface area contributed by atoms with E-state index in [-0.39, 0.29) is 19.1 Å². The molecule has 27 heavy (non-hydrogen) atoms. The summed E-state index contributed by atoms with van der Waals surface area (Å²) in [6.07, 6.45) is 3.39. The molecular formula is C21H24N2O4. The van der Waals surface area contributed by atoms with Gasteiger partial charge >= 0.3 is 5.97 Å². The summed E-state index contributed by atoms with van der Waals surface area (Å²) >= 11 is 0. The zero-order valence-electron chi connectivity index (χ0n) is 15.5. The molecule has 1 aliphatic heterocycles. The summed E-state index contributed by atoms with van der Waals surface area (Å²) in [6.45, 7) is 0.841. The lowest BCUT2D eigenvalue weighted by Crippen LogP contribution is -2.52. The molecule has 1 atom stereocenters. The number of aliphatic carboxylic acids is 1. The van der Waals surface area contributed by atoms with Crippen molar-refractivity contribution in [3.05, 3.63) is 41.6 Å². The van der Waals surface area contributed by atoms with Crippen LogP contribution in [0.3, 0.4) is 0 Å². The molecule has 1 amide bonds. The number of hydrogen-bond donors (Lipinski definition) is 1. The van der Waals surface area contributed by atoms with Crippen LogP contribution in [0.15, 0.2) is 30.3 Å². The molecule has 0 radical (unpaired) electrons. The van der Waals surface area contributed by atoms with Crippen molar-refractivity contribution in [2.75, 3.05) is 26.8 Å². The topological polar surface area (TPSA) is 79.7 Å². The fourth-order valence-corrected chi connectivity index (χ4v) is 4.07. The largest absolute Gasteiger partial charge is 0.481 e. The third-order valence-corrected chi connectivity index (χ3v) is 5.70. The van der Waals surface area contributed by atoms with Gasteiger partial charge in [-0.15, -0.1) is 0 Å². The van der Waals surface area contributed by atoms with Crippen molar-refractivity contribution in [3.63, 3.8) is 0 Å². The third kappa shape index (κ3) is 3.30. The Hall–Kier alpha value is -2.47. The van der Waals surface area contributed by atoms with E-state index < -0.39 is 11.4 Å². The number of amides is 1. The van der Waals surface area contributed by atoms with Crippen LogP contribution < -0.4 is 0 Å². The highest BCUT2D eigenvalue weighted by atomic mass is 16.5. The fourth-order valence-electron chi connectivity index (χ4n) is 4.07. The maximum atomic E-state index is 13.4. The molecule has 0 spiro atoms. The Labute approximate surface area is 158 Å². The number of hydrogen-bond acceptors (Lipinski definition) is 4. The molecule has 1 aromatic heterocycles. The maximum absolute atomic E-state index is 13.4. The number of carbonyl (C=O) groups is 2. The van der Waals surface area contributed by atoms with Crippen LogP contribution in [0.2, 0.25) is 0 Å². The van der Waals surface area contributed by atoms with Crippen LogP contribution in [-0.4, -0.2) is 53.7 Å². The number of likely N-dealkylation sites (tertiary alicyclic amines) is 1. The van der Waals surface area contributed by atoms with Crippen LogP contribution in [0.1, 0.15) is 47.7 Å². The highest BCUT2D eigenvalue weighted by Crippen LogP contribution is 2.40. The number of carboxylic acids is 1. The van der Waals surface area contributed by atoms with E-state index in [4.69, 9.17) is 9.72 Å². The van der Waals surface area contributed by atoms with Crippen LogP contribution in [-0.2, 0) is 9.53 Å². The van der Waals surface area contributed by atoms with Gasteiger partial charge in [-0.3, -0.25) is 14.6 Å². The first kappa shape index (κ1) is 17.9. The van der Waals surface area contributed by atoms with Crippen LogP contribution in [0.4, 0.5) is 0 Å². The van der Waals surface area contributed by atoms with E-state index in [2.05, 4.69) is 0 Å². The van der Waals surface area contributed by atoms with Gasteiger partial charge in [0.15, 0.2) is 0 Å². The van der Waals surface area contributed by atoms with Gasteiger partial charge in [0.25, 0.3) is 5.91 Å². The van der Waals surface area contributed by atoms with Crippen molar-refractivity contribution >= 4 is 22.8 Å². The lowest BCUT2D eigenvalue weighted by molar-refractivity contribution is -0.155. The number of para-hydroxylation sites is 1. The maximum Gasteiger partial charge on any atom is 0.313 e. The molecule has 0 bridgehead atoms. The minimum absolute atomic E-state index is 0.108. The Balaban J connectivity index is 1.71. The van der Waals surface area contributed by atoms with Crippen molar-refractivity contribution in [2.45, 2.75) is 31.6 Å². The van der Waals surface area contributed by atoms with Crippen LogP contribution in [0.25, 0.3) is 10.9 Å². The number of carboxylic acid groups (broad SMARTS) is 1. The van der Waals surface area contributed by atoms with E-state index in [0.717, 1.165) is 29.4 Å². The number of piperidine rings is 1. The summed E-state index contributed by atoms with van der Waals surface area (Å²) in [5.74, 6) is -0.578. The average Bonchev–Trinajstić information content (AvgIpc) is 3.52. The molecule has 1 aromatic carbocycles. The number of aromatic nitrogens is 1. The molecule has 1 aliphatic carbocycles. The van der Waals surface area contributed by atoms with Gasteiger partial charge in [0.2, 0.25) is 0 Å². The average molecular weight is 368 g/mol. The van der Waals surface area contributed by atoms with Crippen molar-refractivity contribution in [1.29, 1.82) is 0 Å². The number of carbonyl (C=O) groups excluding carboxylic acids is 1. The van der Waals surface area contributed by atoms with Crippen LogP contribution >= 0.6 is 0 Å². The Kier molecular flexibility index (Phi) is 4.60. The smallest absolute Gasteiger partial charge is 0.313 e. The number of pyridine rings is 1. The number of nitrogens with zero attached hydrogens (tertiary/aromatic N) is 2. The second-order valence-corrected chi connectivity index (χ2v) is 7.73. The quantitative estimate of drug-likeness (QED) is 0.877. The molecule has 142 valence electrons. The zero-order chi connectivity index (χ0) is 19.0. The molecule has 1 saturated heterocycles. The first-order valence-corrected chi connectivity index (χ1v) is 9.45. The lowest BCUT2D eigenvalue weighted by Gasteiger charge is -2.39. The Morgan fingerprint density at radius 1 is 1.33 bits per heavy atom. The highest BCUT2D eigenvalue weighted by Gasteiger charge is 2.44. The van der Waals surface area contributed by atoms with E-state index in [1.807, 2.05) is 30.3 Å². The highest BCUT2D eigenvalue weighted by molar-refractivity contribution is 6.06.